The van der Waals surface area contributed by atoms with Crippen LogP contribution in [0, 0.1) is 11.8 Å². The molecular formula is C21H21F3N2O4S. The van der Waals surface area contributed by atoms with Crippen LogP contribution >= 0.6 is 0 Å². The summed E-state index contributed by atoms with van der Waals surface area (Å²) in [6.07, 6.45) is -3.94. The lowest BCUT2D eigenvalue weighted by Gasteiger charge is -2.35. The Morgan fingerprint density at radius 3 is 2.39 bits per heavy atom. The number of halogens is 3. The van der Waals surface area contributed by atoms with Gasteiger partial charge in [0.25, 0.3) is 0 Å². The molecule has 0 spiro atoms. The van der Waals surface area contributed by atoms with Crippen LogP contribution in [0.1, 0.15) is 6.42 Å². The van der Waals surface area contributed by atoms with Gasteiger partial charge in [-0.15, -0.1) is 0 Å². The number of amides is 1. The minimum absolute atomic E-state index is 0.0555. The van der Waals surface area contributed by atoms with Crippen LogP contribution < -0.4 is 15.0 Å². The molecule has 6 nitrogen and oxygen atoms in total. The van der Waals surface area contributed by atoms with Gasteiger partial charge in [0.2, 0.25) is 5.91 Å². The zero-order valence-corrected chi connectivity index (χ0v) is 17.2. The van der Waals surface area contributed by atoms with Crippen LogP contribution in [-0.4, -0.2) is 45.6 Å². The third-order valence-electron chi connectivity index (χ3n) is 5.67. The molecule has 0 radical (unpaired) electrons. The van der Waals surface area contributed by atoms with Crippen LogP contribution in [-0.2, 0) is 14.6 Å². The van der Waals surface area contributed by atoms with E-state index in [-0.39, 0.29) is 29.0 Å². The summed E-state index contributed by atoms with van der Waals surface area (Å²) in [6.45, 7) is -0.809. The van der Waals surface area contributed by atoms with Gasteiger partial charge in [-0.3, -0.25) is 10.1 Å². The minimum atomic E-state index is -4.43. The summed E-state index contributed by atoms with van der Waals surface area (Å²) in [7, 11) is -3.63. The lowest BCUT2D eigenvalue weighted by atomic mass is 9.87. The molecule has 4 rings (SSSR count). The first kappa shape index (κ1) is 21.6. The topological polar surface area (TPSA) is 75.7 Å². The van der Waals surface area contributed by atoms with E-state index in [4.69, 9.17) is 4.74 Å². The van der Waals surface area contributed by atoms with E-state index in [1.54, 1.807) is 35.2 Å². The first-order chi connectivity index (χ1) is 14.7. The molecule has 2 aliphatic heterocycles. The Hall–Kier alpha value is -2.59. The van der Waals surface area contributed by atoms with Crippen molar-refractivity contribution in [2.24, 2.45) is 11.8 Å². The van der Waals surface area contributed by atoms with Crippen LogP contribution in [0.5, 0.6) is 5.75 Å². The smallest absolute Gasteiger partial charge is 0.422 e. The Morgan fingerprint density at radius 1 is 1.06 bits per heavy atom. The number of fused-ring (bicyclic) bond motifs is 1. The van der Waals surface area contributed by atoms with Crippen LogP contribution in [0.25, 0.3) is 0 Å². The zero-order chi connectivity index (χ0) is 22.2. The van der Waals surface area contributed by atoms with E-state index in [0.29, 0.717) is 18.7 Å². The highest BCUT2D eigenvalue weighted by Crippen LogP contribution is 2.38. The molecule has 166 valence electrons. The van der Waals surface area contributed by atoms with Crippen LogP contribution in [0.15, 0.2) is 59.5 Å². The Balaban J connectivity index is 1.47. The van der Waals surface area contributed by atoms with Crippen molar-refractivity contribution in [2.75, 3.05) is 24.6 Å². The van der Waals surface area contributed by atoms with Gasteiger partial charge >= 0.3 is 6.18 Å². The summed E-state index contributed by atoms with van der Waals surface area (Å²) < 4.78 is 67.6. The van der Waals surface area contributed by atoms with E-state index in [0.717, 1.165) is 0 Å². The maximum absolute atomic E-state index is 13.1. The van der Waals surface area contributed by atoms with E-state index in [1.165, 1.54) is 24.3 Å². The average Bonchev–Trinajstić information content (AvgIpc) is 3.19. The van der Waals surface area contributed by atoms with Crippen molar-refractivity contribution < 1.29 is 31.1 Å². The Kier molecular flexibility index (Phi) is 5.69. The highest BCUT2D eigenvalue weighted by molar-refractivity contribution is 7.92. The van der Waals surface area contributed by atoms with Crippen molar-refractivity contribution in [3.05, 3.63) is 54.6 Å². The highest BCUT2D eigenvalue weighted by Gasteiger charge is 2.50. The molecule has 3 atom stereocenters. The maximum atomic E-state index is 13.1. The SMILES string of the molecule is O=C1C2CNC(S(=O)(=O)c3ccccc3)C2CCN1c1ccc(OCC(F)(F)F)cc1. The number of carbonyl (C=O) groups excluding carboxylic acids is 1. The number of hydrogen-bond donors (Lipinski definition) is 1. The molecule has 0 aromatic heterocycles. The number of nitrogens with one attached hydrogen (secondary N) is 1. The molecule has 1 amide bonds. The third-order valence-corrected chi connectivity index (χ3v) is 7.78. The fourth-order valence-electron chi connectivity index (χ4n) is 4.21. The minimum Gasteiger partial charge on any atom is -0.484 e. The second-order valence-electron chi connectivity index (χ2n) is 7.63. The maximum Gasteiger partial charge on any atom is 0.422 e. The number of piperidine rings is 1. The number of benzene rings is 2. The van der Waals surface area contributed by atoms with Gasteiger partial charge in [0, 0.05) is 24.7 Å². The van der Waals surface area contributed by atoms with Crippen molar-refractivity contribution in [2.45, 2.75) is 22.9 Å². The molecule has 2 fully saturated rings. The summed E-state index contributed by atoms with van der Waals surface area (Å²) in [4.78, 5) is 14.8. The first-order valence-corrected chi connectivity index (χ1v) is 11.3. The molecule has 31 heavy (non-hydrogen) atoms. The fraction of sp³-hybridized carbons (Fsp3) is 0.381. The monoisotopic (exact) mass is 454 g/mol. The zero-order valence-electron chi connectivity index (χ0n) is 16.4. The summed E-state index contributed by atoms with van der Waals surface area (Å²) in [5.41, 5.74) is 0.539. The van der Waals surface area contributed by atoms with Gasteiger partial charge in [-0.25, -0.2) is 8.42 Å². The Morgan fingerprint density at radius 2 is 1.74 bits per heavy atom. The Bertz CT molecular complexity index is 1040. The molecule has 0 aliphatic carbocycles. The number of ether oxygens (including phenoxy) is 1. The van der Waals surface area contributed by atoms with Gasteiger partial charge < -0.3 is 9.64 Å². The number of rotatable bonds is 5. The lowest BCUT2D eigenvalue weighted by molar-refractivity contribution is -0.153. The predicted molar refractivity (Wildman–Crippen MR) is 107 cm³/mol. The number of anilines is 1. The van der Waals surface area contributed by atoms with Crippen molar-refractivity contribution in [3.63, 3.8) is 0 Å². The molecule has 2 heterocycles. The quantitative estimate of drug-likeness (QED) is 0.752. The van der Waals surface area contributed by atoms with E-state index in [9.17, 15) is 26.4 Å². The van der Waals surface area contributed by atoms with E-state index in [2.05, 4.69) is 5.32 Å². The highest BCUT2D eigenvalue weighted by atomic mass is 32.2. The van der Waals surface area contributed by atoms with Crippen molar-refractivity contribution in [1.82, 2.24) is 5.32 Å². The average molecular weight is 454 g/mol. The third kappa shape index (κ3) is 4.40. The van der Waals surface area contributed by atoms with Crippen LogP contribution in [0.4, 0.5) is 18.9 Å². The van der Waals surface area contributed by atoms with Gasteiger partial charge in [0.1, 0.15) is 11.1 Å². The first-order valence-electron chi connectivity index (χ1n) is 9.80. The van der Waals surface area contributed by atoms with Gasteiger partial charge in [0.15, 0.2) is 16.4 Å². The molecule has 3 unspecified atom stereocenters. The van der Waals surface area contributed by atoms with Crippen molar-refractivity contribution >= 4 is 21.4 Å². The summed E-state index contributed by atoms with van der Waals surface area (Å²) >= 11 is 0. The second-order valence-corrected chi connectivity index (χ2v) is 9.70. The molecule has 2 aromatic carbocycles. The van der Waals surface area contributed by atoms with E-state index >= 15 is 0 Å². The number of alkyl halides is 3. The lowest BCUT2D eigenvalue weighted by Crippen LogP contribution is -2.47. The molecule has 2 saturated heterocycles. The van der Waals surface area contributed by atoms with Gasteiger partial charge in [-0.1, -0.05) is 18.2 Å². The largest absolute Gasteiger partial charge is 0.484 e. The van der Waals surface area contributed by atoms with Crippen LogP contribution in [0.2, 0.25) is 0 Å². The standard InChI is InChI=1S/C21H21F3N2O4S/c22-21(23,24)13-30-15-8-6-14(7-9-15)26-11-10-17-18(20(26)27)12-25-19(17)31(28,29)16-4-2-1-3-5-16/h1-9,17-19,25H,10-13H2. The summed E-state index contributed by atoms with van der Waals surface area (Å²) in [5, 5.41) is 2.19. The fourth-order valence-corrected chi connectivity index (χ4v) is 6.14. The molecular weight excluding hydrogens is 433 g/mol. The molecule has 1 N–H and O–H groups in total. The van der Waals surface area contributed by atoms with Crippen molar-refractivity contribution in [1.29, 1.82) is 0 Å². The van der Waals surface area contributed by atoms with Crippen molar-refractivity contribution in [3.8, 4) is 5.75 Å². The van der Waals surface area contributed by atoms with Crippen LogP contribution in [0.3, 0.4) is 0 Å². The van der Waals surface area contributed by atoms with E-state index < -0.39 is 33.9 Å². The van der Waals surface area contributed by atoms with E-state index in [1.807, 2.05) is 0 Å². The molecule has 0 bridgehead atoms. The molecule has 2 aromatic rings. The predicted octanol–water partition coefficient (Wildman–Crippen LogP) is 3.00. The number of nitrogens with zero attached hydrogens (tertiary/aromatic N) is 1. The summed E-state index contributed by atoms with van der Waals surface area (Å²) in [5.74, 6) is -0.972. The normalized spacial score (nSPS) is 24.2. The second kappa shape index (κ2) is 8.16. The number of carbonyl (C=O) groups is 1. The Labute approximate surface area is 177 Å². The summed E-state index contributed by atoms with van der Waals surface area (Å²) in [6, 6.07) is 14.0. The number of hydrogen-bond acceptors (Lipinski definition) is 5. The molecule has 10 heteroatoms. The molecule has 0 saturated carbocycles. The molecule has 2 aliphatic rings. The van der Waals surface area contributed by atoms with Gasteiger partial charge in [-0.05, 0) is 42.8 Å². The van der Waals surface area contributed by atoms with Gasteiger partial charge in [-0.2, -0.15) is 13.2 Å². The van der Waals surface area contributed by atoms with Gasteiger partial charge in [0.05, 0.1) is 10.8 Å². The number of sulfone groups is 1.